The zero-order valence-corrected chi connectivity index (χ0v) is 22.7. The first-order valence-electron chi connectivity index (χ1n) is 12.9. The van der Waals surface area contributed by atoms with Crippen LogP contribution < -0.4 is 10.6 Å². The van der Waals surface area contributed by atoms with Crippen molar-refractivity contribution < 1.29 is 40.3 Å². The number of carbonyl (C=O) groups is 2. The van der Waals surface area contributed by atoms with Crippen LogP contribution >= 0.6 is 0 Å². The van der Waals surface area contributed by atoms with Crippen molar-refractivity contribution in [1.82, 2.24) is 5.32 Å². The molecule has 2 amide bonds. The monoisotopic (exact) mass is 582 g/mol. The molecule has 2 atom stereocenters. The Labute approximate surface area is 233 Å². The average Bonchev–Trinajstić information content (AvgIpc) is 3.68. The summed E-state index contributed by atoms with van der Waals surface area (Å²) in [4.78, 5) is 26.2. The van der Waals surface area contributed by atoms with Gasteiger partial charge in [0.15, 0.2) is 0 Å². The maximum Gasteiger partial charge on any atom is 0.435 e. The first kappa shape index (κ1) is 31.6. The third-order valence-corrected chi connectivity index (χ3v) is 6.73. The van der Waals surface area contributed by atoms with Gasteiger partial charge in [-0.05, 0) is 49.1 Å². The summed E-state index contributed by atoms with van der Waals surface area (Å²) in [5, 5.41) is 5.31. The van der Waals surface area contributed by atoms with Gasteiger partial charge >= 0.3 is 18.0 Å². The van der Waals surface area contributed by atoms with Crippen molar-refractivity contribution in [3.05, 3.63) is 100 Å². The molecule has 1 aliphatic rings. The number of hydrogen-bond acceptors (Lipinski definition) is 2. The van der Waals surface area contributed by atoms with E-state index < -0.39 is 35.4 Å². The van der Waals surface area contributed by atoms with Gasteiger partial charge in [0.2, 0.25) is 0 Å². The molecule has 0 aromatic heterocycles. The van der Waals surface area contributed by atoms with E-state index in [1.54, 1.807) is 13.0 Å². The lowest BCUT2D eigenvalue weighted by Gasteiger charge is -2.30. The van der Waals surface area contributed by atoms with Gasteiger partial charge in [-0.2, -0.15) is 26.3 Å². The molecule has 4 nitrogen and oxygen atoms in total. The van der Waals surface area contributed by atoms with Crippen LogP contribution in [-0.2, 0) is 5.67 Å². The Kier molecular flexibility index (Phi) is 9.20. The molecule has 0 bridgehead atoms. The Balaban J connectivity index is 0.00000226. The van der Waals surface area contributed by atoms with Crippen LogP contribution in [0.4, 0.5) is 36.4 Å². The summed E-state index contributed by atoms with van der Waals surface area (Å²) in [7, 11) is 0. The second-order valence-corrected chi connectivity index (χ2v) is 9.47. The number of benzene rings is 3. The van der Waals surface area contributed by atoms with E-state index in [1.807, 2.05) is 44.2 Å². The highest BCUT2D eigenvalue weighted by Crippen LogP contribution is 2.53. The number of carbonyl (C=O) groups excluding carboxylic acids is 2. The summed E-state index contributed by atoms with van der Waals surface area (Å²) in [5.74, 6) is -1.17. The molecule has 3 aromatic rings. The van der Waals surface area contributed by atoms with Gasteiger partial charge in [-0.3, -0.25) is 9.59 Å². The number of alkyl halides is 7. The van der Waals surface area contributed by atoms with Crippen molar-refractivity contribution in [1.29, 1.82) is 0 Å². The van der Waals surface area contributed by atoms with Gasteiger partial charge in [0, 0.05) is 23.2 Å². The fourth-order valence-electron chi connectivity index (χ4n) is 4.52. The molecule has 0 aliphatic heterocycles. The number of anilines is 1. The van der Waals surface area contributed by atoms with Crippen molar-refractivity contribution in [2.45, 2.75) is 64.1 Å². The maximum absolute atomic E-state index is 14.4. The molecule has 41 heavy (non-hydrogen) atoms. The highest BCUT2D eigenvalue weighted by atomic mass is 19.4. The van der Waals surface area contributed by atoms with E-state index in [2.05, 4.69) is 10.6 Å². The van der Waals surface area contributed by atoms with Crippen molar-refractivity contribution in [3.63, 3.8) is 0 Å². The molecule has 11 heteroatoms. The molecule has 0 heterocycles. The third-order valence-electron chi connectivity index (χ3n) is 6.73. The normalized spacial score (nSPS) is 16.8. The molecular formula is C30H29F7N2O2. The maximum atomic E-state index is 14.4. The summed E-state index contributed by atoms with van der Waals surface area (Å²) >= 11 is 0. The largest absolute Gasteiger partial charge is 0.435 e. The smallest absolute Gasteiger partial charge is 0.349 e. The van der Waals surface area contributed by atoms with Crippen LogP contribution in [0.5, 0.6) is 0 Å². The topological polar surface area (TPSA) is 58.2 Å². The third kappa shape index (κ3) is 6.39. The molecule has 0 saturated heterocycles. The van der Waals surface area contributed by atoms with Crippen LogP contribution in [0.15, 0.2) is 66.7 Å². The van der Waals surface area contributed by atoms with Crippen molar-refractivity contribution in [2.75, 3.05) is 5.32 Å². The second kappa shape index (κ2) is 11.9. The van der Waals surface area contributed by atoms with E-state index in [4.69, 9.17) is 0 Å². The fourth-order valence-corrected chi connectivity index (χ4v) is 4.52. The van der Waals surface area contributed by atoms with Gasteiger partial charge in [-0.15, -0.1) is 0 Å². The number of amides is 2. The Morgan fingerprint density at radius 2 is 1.37 bits per heavy atom. The molecular weight excluding hydrogens is 553 g/mol. The van der Waals surface area contributed by atoms with Crippen LogP contribution in [0, 0.1) is 13.8 Å². The minimum absolute atomic E-state index is 0.0432. The first-order valence-corrected chi connectivity index (χ1v) is 12.9. The number of rotatable bonds is 6. The number of hydrogen-bond donors (Lipinski definition) is 2. The standard InChI is InChI=1S/C28H23F7N2O2.C2H6/c1-15-7-6-10-19(23(15)25(39)37-22-14-20(22)17-8-4-3-5-9-17)24(38)36-21-12-11-18(13-16(21)2)26(29,27(30,31)32)28(33,34)35;1-2/h3-13,20,22H,14H2,1-2H3,(H,36,38)(H,37,39);1-2H3/t20-,22?;/m1./s1. The van der Waals surface area contributed by atoms with Crippen molar-refractivity contribution in [3.8, 4) is 0 Å². The lowest BCUT2D eigenvalue weighted by molar-refractivity contribution is -0.348. The summed E-state index contributed by atoms with van der Waals surface area (Å²) < 4.78 is 93.1. The number of halogens is 7. The van der Waals surface area contributed by atoms with Gasteiger partial charge in [0.25, 0.3) is 11.8 Å². The predicted molar refractivity (Wildman–Crippen MR) is 142 cm³/mol. The molecule has 4 rings (SSSR count). The lowest BCUT2D eigenvalue weighted by atomic mass is 9.92. The number of aryl methyl sites for hydroxylation is 2. The van der Waals surface area contributed by atoms with Crippen LogP contribution in [0.3, 0.4) is 0 Å². The average molecular weight is 583 g/mol. The zero-order chi connectivity index (χ0) is 30.8. The molecule has 1 unspecified atom stereocenters. The quantitative estimate of drug-likeness (QED) is 0.288. The summed E-state index contributed by atoms with van der Waals surface area (Å²) in [6.07, 6.45) is -11.8. The zero-order valence-electron chi connectivity index (χ0n) is 22.7. The molecule has 0 spiro atoms. The van der Waals surface area contributed by atoms with E-state index in [1.165, 1.54) is 12.1 Å². The predicted octanol–water partition coefficient (Wildman–Crippen LogP) is 8.16. The Morgan fingerprint density at radius 1 is 0.756 bits per heavy atom. The van der Waals surface area contributed by atoms with E-state index in [0.29, 0.717) is 17.7 Å². The Bertz CT molecular complexity index is 1390. The van der Waals surface area contributed by atoms with E-state index >= 15 is 0 Å². The minimum atomic E-state index is -6.26. The SMILES string of the molecule is CC.Cc1cc(C(F)(C(F)(F)F)C(F)(F)F)ccc1NC(=O)c1cccc(C)c1C(=O)NC1C[C@@H]1c1ccccc1. The van der Waals surface area contributed by atoms with Crippen LogP contribution in [0.1, 0.15) is 69.2 Å². The minimum Gasteiger partial charge on any atom is -0.349 e. The van der Waals surface area contributed by atoms with E-state index in [-0.39, 0.29) is 34.3 Å². The van der Waals surface area contributed by atoms with E-state index in [9.17, 15) is 40.3 Å². The first-order chi connectivity index (χ1) is 19.1. The summed E-state index contributed by atoms with van der Waals surface area (Å²) in [5.41, 5.74) is -6.03. The van der Waals surface area contributed by atoms with Crippen molar-refractivity contribution in [2.24, 2.45) is 0 Å². The highest BCUT2D eigenvalue weighted by Gasteiger charge is 2.73. The van der Waals surface area contributed by atoms with Gasteiger partial charge in [-0.25, -0.2) is 4.39 Å². The second-order valence-electron chi connectivity index (χ2n) is 9.47. The number of nitrogens with one attached hydrogen (secondary N) is 2. The lowest BCUT2D eigenvalue weighted by Crippen LogP contribution is -2.50. The molecule has 2 N–H and O–H groups in total. The van der Waals surface area contributed by atoms with E-state index in [0.717, 1.165) is 25.0 Å². The molecule has 1 fully saturated rings. The highest BCUT2D eigenvalue weighted by molar-refractivity contribution is 6.13. The summed E-state index contributed by atoms with van der Waals surface area (Å²) in [6, 6.07) is 15.5. The van der Waals surface area contributed by atoms with Gasteiger partial charge in [0.1, 0.15) is 0 Å². The van der Waals surface area contributed by atoms with Crippen LogP contribution in [0.2, 0.25) is 0 Å². The Hall–Kier alpha value is -3.89. The van der Waals surface area contributed by atoms with Gasteiger partial charge in [0.05, 0.1) is 11.1 Å². The Morgan fingerprint density at radius 3 is 1.93 bits per heavy atom. The molecule has 1 aliphatic carbocycles. The molecule has 3 aromatic carbocycles. The van der Waals surface area contributed by atoms with Crippen LogP contribution in [-0.4, -0.2) is 30.2 Å². The van der Waals surface area contributed by atoms with Crippen LogP contribution in [0.25, 0.3) is 0 Å². The van der Waals surface area contributed by atoms with Crippen molar-refractivity contribution >= 4 is 17.5 Å². The fraction of sp³-hybridized carbons (Fsp3) is 0.333. The van der Waals surface area contributed by atoms with Gasteiger partial charge in [-0.1, -0.05) is 68.4 Å². The molecule has 1 saturated carbocycles. The van der Waals surface area contributed by atoms with Gasteiger partial charge < -0.3 is 10.6 Å². The summed E-state index contributed by atoms with van der Waals surface area (Å²) in [6.45, 7) is 6.76. The molecule has 220 valence electrons. The molecule has 0 radical (unpaired) electrons.